The molecule has 2 aliphatic rings. The third-order valence-corrected chi connectivity index (χ3v) is 5.34. The van der Waals surface area contributed by atoms with E-state index in [1.807, 2.05) is 32.0 Å². The van der Waals surface area contributed by atoms with E-state index in [0.29, 0.717) is 18.6 Å². The zero-order valence-electron chi connectivity index (χ0n) is 13.4. The number of hydrogen-bond acceptors (Lipinski definition) is 4. The molecular formula is C18H23NO3. The number of fused-ring (bicyclic) bond motifs is 2. The summed E-state index contributed by atoms with van der Waals surface area (Å²) in [6.07, 6.45) is 2.39. The molecule has 22 heavy (non-hydrogen) atoms. The molecule has 4 heteroatoms. The van der Waals surface area contributed by atoms with Crippen LogP contribution in [0.3, 0.4) is 0 Å². The van der Waals surface area contributed by atoms with E-state index in [1.165, 1.54) is 0 Å². The Labute approximate surface area is 131 Å². The normalized spacial score (nSPS) is 33.9. The minimum absolute atomic E-state index is 0.0561. The smallest absolute Gasteiger partial charge is 0.0998 e. The number of ether oxygens (including phenoxy) is 2. The molecule has 2 bridgehead atoms. The van der Waals surface area contributed by atoms with Gasteiger partial charge >= 0.3 is 0 Å². The predicted octanol–water partition coefficient (Wildman–Crippen LogP) is 2.93. The van der Waals surface area contributed by atoms with Crippen LogP contribution in [0.2, 0.25) is 0 Å². The van der Waals surface area contributed by atoms with Crippen molar-refractivity contribution in [2.24, 2.45) is 0 Å². The maximum absolute atomic E-state index is 10.5. The zero-order valence-corrected chi connectivity index (χ0v) is 13.4. The van der Waals surface area contributed by atoms with Gasteiger partial charge in [0.05, 0.1) is 41.1 Å². The second-order valence-corrected chi connectivity index (χ2v) is 7.24. The zero-order chi connectivity index (χ0) is 16.0. The molecule has 118 valence electrons. The van der Waals surface area contributed by atoms with Crippen molar-refractivity contribution in [3.05, 3.63) is 35.4 Å². The van der Waals surface area contributed by atoms with Crippen LogP contribution in [0, 0.1) is 11.3 Å². The average molecular weight is 301 g/mol. The molecule has 0 aliphatic carbocycles. The molecule has 2 saturated heterocycles. The monoisotopic (exact) mass is 301 g/mol. The van der Waals surface area contributed by atoms with Crippen molar-refractivity contribution >= 4 is 0 Å². The van der Waals surface area contributed by atoms with E-state index in [9.17, 15) is 5.11 Å². The Morgan fingerprint density at radius 1 is 1.41 bits per heavy atom. The van der Waals surface area contributed by atoms with Crippen molar-refractivity contribution in [1.82, 2.24) is 0 Å². The van der Waals surface area contributed by atoms with Crippen LogP contribution >= 0.6 is 0 Å². The van der Waals surface area contributed by atoms with Gasteiger partial charge in [-0.2, -0.15) is 5.26 Å². The maximum atomic E-state index is 10.5. The number of aliphatic hydroxyl groups is 1. The van der Waals surface area contributed by atoms with Gasteiger partial charge in [-0.1, -0.05) is 18.2 Å². The molecule has 1 N–H and O–H groups in total. The molecule has 0 spiro atoms. The Hall–Kier alpha value is -1.41. The molecule has 4 nitrogen and oxygen atoms in total. The van der Waals surface area contributed by atoms with E-state index in [2.05, 4.69) is 13.0 Å². The highest BCUT2D eigenvalue weighted by molar-refractivity contribution is 5.36. The van der Waals surface area contributed by atoms with Gasteiger partial charge < -0.3 is 14.6 Å². The molecule has 3 rings (SSSR count). The number of hydrogen-bond donors (Lipinski definition) is 1. The summed E-state index contributed by atoms with van der Waals surface area (Å²) in [7, 11) is 0. The van der Waals surface area contributed by atoms with Crippen LogP contribution < -0.4 is 0 Å². The minimum Gasteiger partial charge on any atom is -0.387 e. The summed E-state index contributed by atoms with van der Waals surface area (Å²) in [6, 6.07) is 9.68. The SMILES string of the molecule is CC12CCC(C(C)(C)O)(CC1OCc1ccccc1C#N)O2. The number of benzene rings is 1. The van der Waals surface area contributed by atoms with E-state index in [1.54, 1.807) is 6.07 Å². The van der Waals surface area contributed by atoms with E-state index >= 15 is 0 Å². The summed E-state index contributed by atoms with van der Waals surface area (Å²) in [5.41, 5.74) is -0.196. The lowest BCUT2D eigenvalue weighted by atomic mass is 9.73. The van der Waals surface area contributed by atoms with E-state index in [-0.39, 0.29) is 11.7 Å². The van der Waals surface area contributed by atoms with Gasteiger partial charge in [0, 0.05) is 6.42 Å². The summed E-state index contributed by atoms with van der Waals surface area (Å²) < 4.78 is 12.3. The molecule has 0 aromatic heterocycles. The Balaban J connectivity index is 1.74. The summed E-state index contributed by atoms with van der Waals surface area (Å²) in [6.45, 7) is 6.09. The molecule has 3 atom stereocenters. The number of nitrogens with zero attached hydrogens (tertiary/aromatic N) is 1. The van der Waals surface area contributed by atoms with Gasteiger partial charge in [-0.05, 0) is 45.2 Å². The van der Waals surface area contributed by atoms with Crippen molar-refractivity contribution in [3.63, 3.8) is 0 Å². The third kappa shape index (κ3) is 2.34. The van der Waals surface area contributed by atoms with Gasteiger partial charge in [0.25, 0.3) is 0 Å². The minimum atomic E-state index is -0.882. The Kier molecular flexibility index (Phi) is 3.56. The maximum Gasteiger partial charge on any atom is 0.0998 e. The summed E-state index contributed by atoms with van der Waals surface area (Å²) >= 11 is 0. The highest BCUT2D eigenvalue weighted by atomic mass is 16.6. The second kappa shape index (κ2) is 5.06. The Bertz CT molecular complexity index is 615. The standard InChI is InChI=1S/C18H23NO3/c1-16(2,20)18-9-8-17(3,22-18)15(10-18)21-12-14-7-5-4-6-13(14)11-19/h4-7,15,20H,8-10,12H2,1-3H3. The van der Waals surface area contributed by atoms with E-state index in [4.69, 9.17) is 14.7 Å². The molecular weight excluding hydrogens is 278 g/mol. The fourth-order valence-corrected chi connectivity index (χ4v) is 3.75. The largest absolute Gasteiger partial charge is 0.387 e. The lowest BCUT2D eigenvalue weighted by Gasteiger charge is -2.37. The molecule has 0 radical (unpaired) electrons. The summed E-state index contributed by atoms with van der Waals surface area (Å²) in [5.74, 6) is 0. The van der Waals surface area contributed by atoms with Gasteiger partial charge in [-0.25, -0.2) is 0 Å². The van der Waals surface area contributed by atoms with Crippen LogP contribution in [0.4, 0.5) is 0 Å². The van der Waals surface area contributed by atoms with E-state index < -0.39 is 11.2 Å². The number of rotatable bonds is 4. The van der Waals surface area contributed by atoms with Crippen LogP contribution in [0.5, 0.6) is 0 Å². The number of nitriles is 1. The van der Waals surface area contributed by atoms with Crippen LogP contribution in [0.15, 0.2) is 24.3 Å². The quantitative estimate of drug-likeness (QED) is 0.929. The van der Waals surface area contributed by atoms with Gasteiger partial charge in [0.1, 0.15) is 0 Å². The highest BCUT2D eigenvalue weighted by Gasteiger charge is 2.64. The summed E-state index contributed by atoms with van der Waals surface area (Å²) in [4.78, 5) is 0. The molecule has 1 aromatic carbocycles. The lowest BCUT2D eigenvalue weighted by molar-refractivity contribution is -0.153. The first-order valence-electron chi connectivity index (χ1n) is 7.82. The van der Waals surface area contributed by atoms with Crippen molar-refractivity contribution in [2.45, 2.75) is 69.5 Å². The second-order valence-electron chi connectivity index (χ2n) is 7.24. The van der Waals surface area contributed by atoms with Crippen LogP contribution in [0.25, 0.3) is 0 Å². The molecule has 2 fully saturated rings. The molecule has 1 aromatic rings. The first-order chi connectivity index (χ1) is 10.3. The van der Waals surface area contributed by atoms with Crippen molar-refractivity contribution in [1.29, 1.82) is 5.26 Å². The van der Waals surface area contributed by atoms with Crippen molar-refractivity contribution < 1.29 is 14.6 Å². The molecule has 0 amide bonds. The summed E-state index contributed by atoms with van der Waals surface area (Å²) in [5, 5.41) is 19.6. The Morgan fingerprint density at radius 2 is 2.14 bits per heavy atom. The van der Waals surface area contributed by atoms with Gasteiger partial charge in [-0.3, -0.25) is 0 Å². The average Bonchev–Trinajstić information content (AvgIpc) is 2.97. The van der Waals surface area contributed by atoms with Crippen LogP contribution in [-0.4, -0.2) is 28.0 Å². The first kappa shape index (κ1) is 15.5. The fraction of sp³-hybridized carbons (Fsp3) is 0.611. The Morgan fingerprint density at radius 3 is 2.77 bits per heavy atom. The molecule has 2 aliphatic heterocycles. The molecule has 2 heterocycles. The topological polar surface area (TPSA) is 62.5 Å². The predicted molar refractivity (Wildman–Crippen MR) is 82.1 cm³/mol. The highest BCUT2D eigenvalue weighted by Crippen LogP contribution is 2.56. The van der Waals surface area contributed by atoms with Crippen LogP contribution in [0.1, 0.15) is 51.2 Å². The molecule has 3 unspecified atom stereocenters. The van der Waals surface area contributed by atoms with Crippen LogP contribution in [-0.2, 0) is 16.1 Å². The fourth-order valence-electron chi connectivity index (χ4n) is 3.75. The van der Waals surface area contributed by atoms with Gasteiger partial charge in [0.2, 0.25) is 0 Å². The van der Waals surface area contributed by atoms with E-state index in [0.717, 1.165) is 18.4 Å². The van der Waals surface area contributed by atoms with Gasteiger partial charge in [0.15, 0.2) is 0 Å². The lowest BCUT2D eigenvalue weighted by Crippen LogP contribution is -2.49. The molecule has 0 saturated carbocycles. The van der Waals surface area contributed by atoms with Gasteiger partial charge in [-0.15, -0.1) is 0 Å². The van der Waals surface area contributed by atoms with Crippen molar-refractivity contribution in [2.75, 3.05) is 0 Å². The first-order valence-corrected chi connectivity index (χ1v) is 7.82. The third-order valence-electron chi connectivity index (χ3n) is 5.34. The van der Waals surface area contributed by atoms with Crippen molar-refractivity contribution in [3.8, 4) is 6.07 Å².